The van der Waals surface area contributed by atoms with E-state index in [0.29, 0.717) is 12.1 Å². The zero-order valence-electron chi connectivity index (χ0n) is 10.1. The van der Waals surface area contributed by atoms with Crippen LogP contribution >= 0.6 is 0 Å². The van der Waals surface area contributed by atoms with Gasteiger partial charge in [-0.2, -0.15) is 0 Å². The highest BCUT2D eigenvalue weighted by Crippen LogP contribution is 2.23. The van der Waals surface area contributed by atoms with Crippen LogP contribution in [0, 0.1) is 18.6 Å². The quantitative estimate of drug-likeness (QED) is 0.849. The fourth-order valence-electron chi connectivity index (χ4n) is 1.69. The molecule has 16 heavy (non-hydrogen) atoms. The van der Waals surface area contributed by atoms with Crippen LogP contribution in [0.4, 0.5) is 8.78 Å². The Hall–Kier alpha value is -1.00. The Morgan fingerprint density at radius 1 is 1.31 bits per heavy atom. The monoisotopic (exact) mass is 228 g/mol. The SMILES string of the molecule is CNC(CN(C)C)c1c(F)ccc(C)c1F. The molecule has 0 heterocycles. The van der Waals surface area contributed by atoms with Gasteiger partial charge in [-0.25, -0.2) is 8.78 Å². The van der Waals surface area contributed by atoms with E-state index in [4.69, 9.17) is 0 Å². The predicted molar refractivity (Wildman–Crippen MR) is 61.4 cm³/mol. The lowest BCUT2D eigenvalue weighted by Crippen LogP contribution is -2.30. The van der Waals surface area contributed by atoms with E-state index in [1.54, 1.807) is 14.0 Å². The van der Waals surface area contributed by atoms with Crippen molar-refractivity contribution in [3.63, 3.8) is 0 Å². The first-order valence-electron chi connectivity index (χ1n) is 5.23. The topological polar surface area (TPSA) is 15.3 Å². The number of hydrogen-bond acceptors (Lipinski definition) is 2. The lowest BCUT2D eigenvalue weighted by Gasteiger charge is -2.22. The largest absolute Gasteiger partial charge is 0.312 e. The molecule has 1 N–H and O–H groups in total. The fourth-order valence-corrected chi connectivity index (χ4v) is 1.69. The lowest BCUT2D eigenvalue weighted by atomic mass is 10.0. The minimum Gasteiger partial charge on any atom is -0.312 e. The Balaban J connectivity index is 3.13. The van der Waals surface area contributed by atoms with Crippen molar-refractivity contribution in [2.45, 2.75) is 13.0 Å². The zero-order chi connectivity index (χ0) is 12.3. The molecule has 0 radical (unpaired) electrons. The van der Waals surface area contributed by atoms with E-state index >= 15 is 0 Å². The van der Waals surface area contributed by atoms with Crippen LogP contribution in [0.2, 0.25) is 0 Å². The Morgan fingerprint density at radius 2 is 1.94 bits per heavy atom. The lowest BCUT2D eigenvalue weighted by molar-refractivity contribution is 0.340. The molecular formula is C12H18F2N2. The summed E-state index contributed by atoms with van der Waals surface area (Å²) in [5, 5.41) is 2.94. The van der Waals surface area contributed by atoms with Crippen LogP contribution < -0.4 is 5.32 Å². The fraction of sp³-hybridized carbons (Fsp3) is 0.500. The minimum atomic E-state index is -0.496. The molecule has 0 aliphatic heterocycles. The van der Waals surface area contributed by atoms with Crippen molar-refractivity contribution < 1.29 is 8.78 Å². The van der Waals surface area contributed by atoms with Crippen LogP contribution in [0.5, 0.6) is 0 Å². The first-order chi connectivity index (χ1) is 7.47. The number of nitrogens with one attached hydrogen (secondary N) is 1. The van der Waals surface area contributed by atoms with Crippen molar-refractivity contribution in [3.8, 4) is 0 Å². The molecule has 0 aromatic heterocycles. The average molecular weight is 228 g/mol. The second kappa shape index (κ2) is 5.37. The van der Waals surface area contributed by atoms with Crippen LogP contribution in [-0.2, 0) is 0 Å². The van der Waals surface area contributed by atoms with Crippen molar-refractivity contribution in [2.75, 3.05) is 27.7 Å². The number of benzene rings is 1. The second-order valence-electron chi connectivity index (χ2n) is 4.20. The molecule has 0 saturated heterocycles. The number of halogens is 2. The van der Waals surface area contributed by atoms with Gasteiger partial charge in [-0.3, -0.25) is 0 Å². The molecule has 1 aromatic carbocycles. The van der Waals surface area contributed by atoms with Crippen molar-refractivity contribution >= 4 is 0 Å². The molecule has 1 unspecified atom stereocenters. The van der Waals surface area contributed by atoms with E-state index in [-0.39, 0.29) is 11.6 Å². The highest BCUT2D eigenvalue weighted by atomic mass is 19.1. The molecule has 1 atom stereocenters. The molecule has 0 fully saturated rings. The maximum Gasteiger partial charge on any atom is 0.133 e. The van der Waals surface area contributed by atoms with Gasteiger partial charge in [0, 0.05) is 12.1 Å². The van der Waals surface area contributed by atoms with Gasteiger partial charge in [0.15, 0.2) is 0 Å². The molecule has 0 amide bonds. The highest BCUT2D eigenvalue weighted by Gasteiger charge is 2.20. The summed E-state index contributed by atoms with van der Waals surface area (Å²) < 4.78 is 27.5. The summed E-state index contributed by atoms with van der Waals surface area (Å²) in [5.74, 6) is -0.953. The predicted octanol–water partition coefficient (Wildman–Crippen LogP) is 2.10. The summed E-state index contributed by atoms with van der Waals surface area (Å²) in [6.07, 6.45) is 0. The normalized spacial score (nSPS) is 13.2. The first-order valence-corrected chi connectivity index (χ1v) is 5.23. The molecule has 1 rings (SSSR count). The number of nitrogens with zero attached hydrogens (tertiary/aromatic N) is 1. The summed E-state index contributed by atoms with van der Waals surface area (Å²) in [6, 6.07) is 2.43. The van der Waals surface area contributed by atoms with Crippen molar-refractivity contribution in [3.05, 3.63) is 34.9 Å². The Bertz CT molecular complexity index is 364. The van der Waals surface area contributed by atoms with Gasteiger partial charge < -0.3 is 10.2 Å². The molecule has 4 heteroatoms. The molecule has 0 aliphatic rings. The zero-order valence-corrected chi connectivity index (χ0v) is 10.1. The summed E-state index contributed by atoms with van der Waals surface area (Å²) in [5.41, 5.74) is 0.589. The van der Waals surface area contributed by atoms with Crippen molar-refractivity contribution in [1.29, 1.82) is 0 Å². The van der Waals surface area contributed by atoms with Crippen LogP contribution in [0.25, 0.3) is 0 Å². The van der Waals surface area contributed by atoms with Crippen molar-refractivity contribution in [1.82, 2.24) is 10.2 Å². The van der Waals surface area contributed by atoms with Crippen molar-refractivity contribution in [2.24, 2.45) is 0 Å². The Kier molecular flexibility index (Phi) is 4.38. The molecular weight excluding hydrogens is 210 g/mol. The smallest absolute Gasteiger partial charge is 0.133 e. The summed E-state index contributed by atoms with van der Waals surface area (Å²) in [6.45, 7) is 2.19. The average Bonchev–Trinajstić information content (AvgIpc) is 2.22. The van der Waals surface area contributed by atoms with Gasteiger partial charge in [-0.05, 0) is 39.7 Å². The standard InChI is InChI=1S/C12H18F2N2/c1-8-5-6-9(13)11(12(8)14)10(15-2)7-16(3)4/h5-6,10,15H,7H2,1-4H3. The van der Waals surface area contributed by atoms with Gasteiger partial charge >= 0.3 is 0 Å². The highest BCUT2D eigenvalue weighted by molar-refractivity contribution is 5.29. The van der Waals surface area contributed by atoms with Gasteiger partial charge in [0.2, 0.25) is 0 Å². The maximum absolute atomic E-state index is 13.9. The second-order valence-corrected chi connectivity index (χ2v) is 4.20. The summed E-state index contributed by atoms with van der Waals surface area (Å²) in [7, 11) is 5.45. The summed E-state index contributed by atoms with van der Waals surface area (Å²) >= 11 is 0. The minimum absolute atomic E-state index is 0.121. The van der Waals surface area contributed by atoms with Crippen LogP contribution in [0.1, 0.15) is 17.2 Å². The van der Waals surface area contributed by atoms with E-state index in [1.807, 2.05) is 19.0 Å². The molecule has 0 spiro atoms. The number of rotatable bonds is 4. The van der Waals surface area contributed by atoms with Crippen LogP contribution in [0.15, 0.2) is 12.1 Å². The van der Waals surface area contributed by atoms with Gasteiger partial charge in [0.1, 0.15) is 11.6 Å². The number of aryl methyl sites for hydroxylation is 1. The van der Waals surface area contributed by atoms with E-state index in [1.165, 1.54) is 12.1 Å². The number of hydrogen-bond donors (Lipinski definition) is 1. The van der Waals surface area contributed by atoms with E-state index < -0.39 is 11.6 Å². The van der Waals surface area contributed by atoms with E-state index in [0.717, 1.165) is 0 Å². The molecule has 0 saturated carbocycles. The van der Waals surface area contributed by atoms with Gasteiger partial charge in [0.05, 0.1) is 6.04 Å². The van der Waals surface area contributed by atoms with Gasteiger partial charge in [-0.15, -0.1) is 0 Å². The Labute approximate surface area is 95.3 Å². The maximum atomic E-state index is 13.9. The van der Waals surface area contributed by atoms with Crippen LogP contribution in [-0.4, -0.2) is 32.6 Å². The van der Waals surface area contributed by atoms with Gasteiger partial charge in [0.25, 0.3) is 0 Å². The van der Waals surface area contributed by atoms with E-state index in [2.05, 4.69) is 5.32 Å². The van der Waals surface area contributed by atoms with Gasteiger partial charge in [-0.1, -0.05) is 6.07 Å². The Morgan fingerprint density at radius 3 is 2.44 bits per heavy atom. The third-order valence-corrected chi connectivity index (χ3v) is 2.56. The molecule has 2 nitrogen and oxygen atoms in total. The first kappa shape index (κ1) is 13.1. The van der Waals surface area contributed by atoms with Crippen LogP contribution in [0.3, 0.4) is 0 Å². The molecule has 0 bridgehead atoms. The molecule has 0 aliphatic carbocycles. The summed E-state index contributed by atoms with van der Waals surface area (Å²) in [4.78, 5) is 1.89. The number of likely N-dealkylation sites (N-methyl/N-ethyl adjacent to an activating group) is 2. The van der Waals surface area contributed by atoms with E-state index in [9.17, 15) is 8.78 Å². The third kappa shape index (κ3) is 2.77. The third-order valence-electron chi connectivity index (χ3n) is 2.56. The molecule has 90 valence electrons. The molecule has 1 aromatic rings.